The highest BCUT2D eigenvalue weighted by Gasteiger charge is 2.12. The average molecular weight is 359 g/mol. The number of aryl methyl sites for hydroxylation is 1. The van der Waals surface area contributed by atoms with Gasteiger partial charge in [-0.25, -0.2) is 4.98 Å². The third-order valence-corrected chi connectivity index (χ3v) is 4.30. The first kappa shape index (κ1) is 16.7. The zero-order valence-electron chi connectivity index (χ0n) is 11.4. The molecule has 0 saturated heterocycles. The van der Waals surface area contributed by atoms with Gasteiger partial charge in [-0.15, -0.1) is 0 Å². The minimum absolute atomic E-state index is 0.0208. The Bertz CT molecular complexity index is 779. The highest BCUT2D eigenvalue weighted by molar-refractivity contribution is 7.99. The molecule has 22 heavy (non-hydrogen) atoms. The number of halogens is 2. The van der Waals surface area contributed by atoms with Gasteiger partial charge in [-0.1, -0.05) is 41.0 Å². The number of nitrogens with two attached hydrogens (primary N) is 1. The molecular formula is C13H12Cl2N4O2S. The molecule has 1 aromatic carbocycles. The van der Waals surface area contributed by atoms with Crippen LogP contribution in [0.4, 0.5) is 11.5 Å². The fraction of sp³-hybridized carbons (Fsp3) is 0.154. The van der Waals surface area contributed by atoms with Crippen molar-refractivity contribution < 1.29 is 4.79 Å². The van der Waals surface area contributed by atoms with E-state index >= 15 is 0 Å². The van der Waals surface area contributed by atoms with Crippen LogP contribution in [-0.4, -0.2) is 21.6 Å². The Morgan fingerprint density at radius 1 is 1.45 bits per heavy atom. The van der Waals surface area contributed by atoms with Crippen molar-refractivity contribution >= 4 is 52.4 Å². The number of aromatic nitrogens is 2. The summed E-state index contributed by atoms with van der Waals surface area (Å²) in [6.45, 7) is 1.81. The van der Waals surface area contributed by atoms with Crippen molar-refractivity contribution in [3.63, 3.8) is 0 Å². The topological polar surface area (TPSA) is 101 Å². The van der Waals surface area contributed by atoms with Gasteiger partial charge in [0, 0.05) is 6.07 Å². The van der Waals surface area contributed by atoms with Gasteiger partial charge in [0.2, 0.25) is 5.91 Å². The number of nitrogens with one attached hydrogen (secondary N) is 2. The number of rotatable bonds is 4. The fourth-order valence-electron chi connectivity index (χ4n) is 1.60. The second-order valence-corrected chi connectivity index (χ2v) is 6.11. The predicted octanol–water partition coefficient (Wildman–Crippen LogP) is 2.70. The second kappa shape index (κ2) is 7.04. The summed E-state index contributed by atoms with van der Waals surface area (Å²) >= 11 is 13.2. The van der Waals surface area contributed by atoms with E-state index in [0.29, 0.717) is 15.7 Å². The lowest BCUT2D eigenvalue weighted by molar-refractivity contribution is -0.113. The Morgan fingerprint density at radius 3 is 2.86 bits per heavy atom. The number of nitrogen functional groups attached to an aromatic ring is 1. The van der Waals surface area contributed by atoms with Crippen molar-refractivity contribution in [3.05, 3.63) is 44.2 Å². The maximum Gasteiger partial charge on any atom is 0.253 e. The van der Waals surface area contributed by atoms with Crippen molar-refractivity contribution in [1.82, 2.24) is 9.97 Å². The van der Waals surface area contributed by atoms with Crippen molar-refractivity contribution in [2.24, 2.45) is 0 Å². The standard InChI is InChI=1S/C13H12Cl2N4O2S/c1-6-2-3-7(14)12(11(6)15)18-10(21)5-22-13-17-8(16)4-9(20)19-13/h2-4H,5H2,1H3,(H,18,21)(H3,16,17,19,20). The maximum atomic E-state index is 12.0. The Kier molecular flexibility index (Phi) is 5.33. The monoisotopic (exact) mass is 358 g/mol. The van der Waals surface area contributed by atoms with E-state index in [4.69, 9.17) is 28.9 Å². The van der Waals surface area contributed by atoms with Gasteiger partial charge in [0.15, 0.2) is 5.16 Å². The summed E-state index contributed by atoms with van der Waals surface area (Å²) in [5.74, 6) is -0.214. The molecule has 1 aromatic heterocycles. The molecule has 9 heteroatoms. The van der Waals surface area contributed by atoms with Crippen LogP contribution in [0.1, 0.15) is 5.56 Å². The number of aromatic amines is 1. The molecular weight excluding hydrogens is 347 g/mol. The molecule has 4 N–H and O–H groups in total. The molecule has 0 radical (unpaired) electrons. The molecule has 1 heterocycles. The van der Waals surface area contributed by atoms with Gasteiger partial charge in [0.25, 0.3) is 5.56 Å². The number of hydrogen-bond acceptors (Lipinski definition) is 5. The van der Waals surface area contributed by atoms with E-state index in [9.17, 15) is 9.59 Å². The molecule has 1 amide bonds. The van der Waals surface area contributed by atoms with Crippen LogP contribution in [0.3, 0.4) is 0 Å². The fourth-order valence-corrected chi connectivity index (χ4v) is 2.75. The van der Waals surface area contributed by atoms with Gasteiger partial charge < -0.3 is 16.0 Å². The first-order valence-corrected chi connectivity index (χ1v) is 7.85. The van der Waals surface area contributed by atoms with E-state index in [1.807, 2.05) is 6.92 Å². The normalized spacial score (nSPS) is 10.5. The van der Waals surface area contributed by atoms with Crippen LogP contribution < -0.4 is 16.6 Å². The van der Waals surface area contributed by atoms with Crippen molar-refractivity contribution in [1.29, 1.82) is 0 Å². The quantitative estimate of drug-likeness (QED) is 0.576. The summed E-state index contributed by atoms with van der Waals surface area (Å²) in [5.41, 5.74) is 6.26. The summed E-state index contributed by atoms with van der Waals surface area (Å²) in [5, 5.41) is 3.65. The number of benzene rings is 1. The zero-order chi connectivity index (χ0) is 16.3. The first-order chi connectivity index (χ1) is 10.4. The van der Waals surface area contributed by atoms with E-state index in [1.54, 1.807) is 12.1 Å². The lowest BCUT2D eigenvalue weighted by Gasteiger charge is -2.10. The number of hydrogen-bond donors (Lipinski definition) is 3. The van der Waals surface area contributed by atoms with Crippen LogP contribution in [0.5, 0.6) is 0 Å². The molecule has 6 nitrogen and oxygen atoms in total. The summed E-state index contributed by atoms with van der Waals surface area (Å²) in [6, 6.07) is 4.58. The largest absolute Gasteiger partial charge is 0.383 e. The van der Waals surface area contributed by atoms with Crippen LogP contribution in [0.2, 0.25) is 10.0 Å². The van der Waals surface area contributed by atoms with Crippen LogP contribution in [0, 0.1) is 6.92 Å². The second-order valence-electron chi connectivity index (χ2n) is 4.37. The third-order valence-electron chi connectivity index (χ3n) is 2.63. The molecule has 0 aliphatic heterocycles. The summed E-state index contributed by atoms with van der Waals surface area (Å²) in [6.07, 6.45) is 0. The minimum Gasteiger partial charge on any atom is -0.383 e. The predicted molar refractivity (Wildman–Crippen MR) is 89.8 cm³/mol. The van der Waals surface area contributed by atoms with Crippen LogP contribution in [-0.2, 0) is 4.79 Å². The van der Waals surface area contributed by atoms with Gasteiger partial charge in [0.05, 0.1) is 21.5 Å². The third kappa shape index (κ3) is 4.16. The number of amides is 1. The van der Waals surface area contributed by atoms with Crippen molar-refractivity contribution in [2.45, 2.75) is 12.1 Å². The van der Waals surface area contributed by atoms with E-state index in [-0.39, 0.29) is 28.2 Å². The van der Waals surface area contributed by atoms with Gasteiger partial charge in [0.1, 0.15) is 5.82 Å². The molecule has 0 bridgehead atoms. The molecule has 2 rings (SSSR count). The maximum absolute atomic E-state index is 12.0. The highest BCUT2D eigenvalue weighted by Crippen LogP contribution is 2.33. The molecule has 0 fully saturated rings. The number of carbonyl (C=O) groups is 1. The smallest absolute Gasteiger partial charge is 0.253 e. The van der Waals surface area contributed by atoms with E-state index in [2.05, 4.69) is 15.3 Å². The van der Waals surface area contributed by atoms with Crippen molar-refractivity contribution in [2.75, 3.05) is 16.8 Å². The Hall–Kier alpha value is -1.70. The highest BCUT2D eigenvalue weighted by atomic mass is 35.5. The number of carbonyl (C=O) groups excluding carboxylic acids is 1. The molecule has 0 aliphatic rings. The number of thioether (sulfide) groups is 1. The molecule has 2 aromatic rings. The van der Waals surface area contributed by atoms with Gasteiger partial charge >= 0.3 is 0 Å². The number of H-pyrrole nitrogens is 1. The molecule has 0 unspecified atom stereocenters. The lowest BCUT2D eigenvalue weighted by Crippen LogP contribution is -2.16. The van der Waals surface area contributed by atoms with Gasteiger partial charge in [-0.3, -0.25) is 9.59 Å². The minimum atomic E-state index is -0.375. The molecule has 0 spiro atoms. The van der Waals surface area contributed by atoms with E-state index in [0.717, 1.165) is 23.4 Å². The summed E-state index contributed by atoms with van der Waals surface area (Å²) < 4.78 is 0. The molecule has 0 aliphatic carbocycles. The molecule has 0 atom stereocenters. The van der Waals surface area contributed by atoms with Crippen LogP contribution >= 0.6 is 35.0 Å². The van der Waals surface area contributed by atoms with Crippen molar-refractivity contribution in [3.8, 4) is 0 Å². The Morgan fingerprint density at radius 2 is 2.18 bits per heavy atom. The van der Waals surface area contributed by atoms with Crippen LogP contribution in [0.25, 0.3) is 0 Å². The van der Waals surface area contributed by atoms with Gasteiger partial charge in [-0.05, 0) is 18.6 Å². The van der Waals surface area contributed by atoms with E-state index < -0.39 is 0 Å². The van der Waals surface area contributed by atoms with E-state index in [1.165, 1.54) is 0 Å². The Labute approximate surface area is 140 Å². The zero-order valence-corrected chi connectivity index (χ0v) is 13.8. The Balaban J connectivity index is 2.05. The summed E-state index contributed by atoms with van der Waals surface area (Å²) in [7, 11) is 0. The van der Waals surface area contributed by atoms with Gasteiger partial charge in [-0.2, -0.15) is 0 Å². The average Bonchev–Trinajstić information content (AvgIpc) is 2.44. The molecule has 0 saturated carbocycles. The lowest BCUT2D eigenvalue weighted by atomic mass is 10.2. The number of nitrogens with zero attached hydrogens (tertiary/aromatic N) is 1. The van der Waals surface area contributed by atoms with Crippen LogP contribution in [0.15, 0.2) is 28.2 Å². The molecule has 116 valence electrons. The first-order valence-electron chi connectivity index (χ1n) is 6.11. The SMILES string of the molecule is Cc1ccc(Cl)c(NC(=O)CSc2nc(N)cc(=O)[nH]2)c1Cl. The summed E-state index contributed by atoms with van der Waals surface area (Å²) in [4.78, 5) is 29.6. The number of anilines is 2.